The summed E-state index contributed by atoms with van der Waals surface area (Å²) in [5.74, 6) is 6.68. The Balaban J connectivity index is 2.07. The Bertz CT molecular complexity index is 736. The average molecular weight is 364 g/mol. The van der Waals surface area contributed by atoms with Crippen LogP contribution in [0.1, 0.15) is 0 Å². The van der Waals surface area contributed by atoms with Crippen molar-refractivity contribution in [3.05, 3.63) is 54.6 Å². The first-order valence-corrected chi connectivity index (χ1v) is 8.52. The van der Waals surface area contributed by atoms with Crippen molar-refractivity contribution in [2.45, 2.75) is 5.16 Å². The number of benzene rings is 1. The number of carbonyl (C=O) groups excluding carboxylic acids is 1. The molecule has 0 aliphatic rings. The number of carbonyl (C=O) groups is 1. The highest BCUT2D eigenvalue weighted by Gasteiger charge is 2.16. The molecule has 1 amide bonds. The van der Waals surface area contributed by atoms with Crippen molar-refractivity contribution >= 4 is 29.3 Å². The lowest BCUT2D eigenvalue weighted by molar-refractivity contribution is -0.127. The molecule has 1 aromatic carbocycles. The van der Waals surface area contributed by atoms with Gasteiger partial charge in [-0.2, -0.15) is 0 Å². The Morgan fingerprint density at radius 3 is 2.67 bits per heavy atom. The fourth-order valence-electron chi connectivity index (χ4n) is 2.01. The Hall–Kier alpha value is -2.25. The number of rotatable bonds is 8. The monoisotopic (exact) mass is 363 g/mol. The second-order valence-electron chi connectivity index (χ2n) is 4.85. The van der Waals surface area contributed by atoms with Crippen LogP contribution in [0.4, 0.5) is 0 Å². The van der Waals surface area contributed by atoms with Gasteiger partial charge in [-0.3, -0.25) is 4.79 Å². The third-order valence-electron chi connectivity index (χ3n) is 3.12. The van der Waals surface area contributed by atoms with Gasteiger partial charge in [-0.25, -0.2) is 4.68 Å². The lowest BCUT2D eigenvalue weighted by Crippen LogP contribution is -2.32. The summed E-state index contributed by atoms with van der Waals surface area (Å²) in [5.41, 5.74) is 0.760. The standard InChI is InChI=1S/C16H18ClN5OS/c1-3-8-21(9-4-2)14(23)11-24-16-20-19-15(22(16)18)12-6-5-7-13(17)10-12/h3-7,10H,1-2,8-9,11,18H2. The average Bonchev–Trinajstić information content (AvgIpc) is 2.93. The number of amides is 1. The van der Waals surface area contributed by atoms with Crippen molar-refractivity contribution < 1.29 is 4.79 Å². The van der Waals surface area contributed by atoms with Gasteiger partial charge in [-0.05, 0) is 12.1 Å². The zero-order valence-electron chi connectivity index (χ0n) is 13.1. The number of hydrogen-bond donors (Lipinski definition) is 1. The number of nitrogens with zero attached hydrogens (tertiary/aromatic N) is 4. The summed E-state index contributed by atoms with van der Waals surface area (Å²) < 4.78 is 1.36. The van der Waals surface area contributed by atoms with Crippen LogP contribution in [0, 0.1) is 0 Å². The smallest absolute Gasteiger partial charge is 0.233 e. The highest BCUT2D eigenvalue weighted by molar-refractivity contribution is 7.99. The first-order chi connectivity index (χ1) is 11.6. The minimum absolute atomic E-state index is 0.0490. The van der Waals surface area contributed by atoms with Gasteiger partial charge in [0.15, 0.2) is 5.82 Å². The lowest BCUT2D eigenvalue weighted by Gasteiger charge is -2.18. The van der Waals surface area contributed by atoms with Gasteiger partial charge in [-0.1, -0.05) is 47.6 Å². The summed E-state index contributed by atoms with van der Waals surface area (Å²) in [6, 6.07) is 7.18. The largest absolute Gasteiger partial charge is 0.335 e. The van der Waals surface area contributed by atoms with Crippen molar-refractivity contribution in [1.29, 1.82) is 0 Å². The van der Waals surface area contributed by atoms with E-state index in [4.69, 9.17) is 17.4 Å². The van der Waals surface area contributed by atoms with Crippen molar-refractivity contribution in [2.75, 3.05) is 24.7 Å². The molecule has 0 aliphatic heterocycles. The van der Waals surface area contributed by atoms with Crippen LogP contribution >= 0.6 is 23.4 Å². The summed E-state index contributed by atoms with van der Waals surface area (Å²) >= 11 is 7.21. The van der Waals surface area contributed by atoms with E-state index in [1.54, 1.807) is 29.2 Å². The van der Waals surface area contributed by atoms with Crippen molar-refractivity contribution in [3.63, 3.8) is 0 Å². The van der Waals surface area contributed by atoms with E-state index >= 15 is 0 Å². The van der Waals surface area contributed by atoms with E-state index in [-0.39, 0.29) is 11.7 Å². The summed E-state index contributed by atoms with van der Waals surface area (Å²) in [7, 11) is 0. The van der Waals surface area contributed by atoms with Crippen LogP contribution in [0.5, 0.6) is 0 Å². The number of hydrogen-bond acceptors (Lipinski definition) is 5. The molecule has 0 bridgehead atoms. The maximum Gasteiger partial charge on any atom is 0.233 e. The van der Waals surface area contributed by atoms with Gasteiger partial charge in [-0.15, -0.1) is 23.4 Å². The number of nitrogen functional groups attached to an aromatic ring is 1. The zero-order chi connectivity index (χ0) is 17.5. The lowest BCUT2D eigenvalue weighted by atomic mass is 10.2. The maximum atomic E-state index is 12.2. The van der Waals surface area contributed by atoms with Crippen LogP contribution in [-0.2, 0) is 4.79 Å². The minimum Gasteiger partial charge on any atom is -0.335 e. The quantitative estimate of drug-likeness (QED) is 0.443. The summed E-state index contributed by atoms with van der Waals surface area (Å²) in [5, 5.41) is 9.16. The number of aromatic nitrogens is 3. The van der Waals surface area contributed by atoms with E-state index < -0.39 is 0 Å². The van der Waals surface area contributed by atoms with Crippen LogP contribution in [0.25, 0.3) is 11.4 Å². The molecule has 1 aromatic heterocycles. The van der Waals surface area contributed by atoms with E-state index in [1.807, 2.05) is 12.1 Å². The molecule has 2 aromatic rings. The summed E-state index contributed by atoms with van der Waals surface area (Å²) in [4.78, 5) is 13.9. The third-order valence-corrected chi connectivity index (χ3v) is 4.29. The second kappa shape index (κ2) is 8.56. The second-order valence-corrected chi connectivity index (χ2v) is 6.23. The Labute approximate surface area is 150 Å². The van der Waals surface area contributed by atoms with Crippen LogP contribution in [0.2, 0.25) is 5.02 Å². The molecule has 2 N–H and O–H groups in total. The normalized spacial score (nSPS) is 10.4. The molecular weight excluding hydrogens is 346 g/mol. The van der Waals surface area contributed by atoms with E-state index in [1.165, 1.54) is 16.4 Å². The topological polar surface area (TPSA) is 77.0 Å². The van der Waals surface area contributed by atoms with Gasteiger partial charge in [0, 0.05) is 23.7 Å². The first-order valence-electron chi connectivity index (χ1n) is 7.15. The van der Waals surface area contributed by atoms with Gasteiger partial charge >= 0.3 is 0 Å². The Morgan fingerprint density at radius 1 is 1.33 bits per heavy atom. The van der Waals surface area contributed by atoms with E-state index in [9.17, 15) is 4.79 Å². The molecule has 0 spiro atoms. The number of nitrogens with two attached hydrogens (primary N) is 1. The Morgan fingerprint density at radius 2 is 2.04 bits per heavy atom. The van der Waals surface area contributed by atoms with Crippen LogP contribution in [-0.4, -0.2) is 44.5 Å². The molecule has 0 saturated carbocycles. The molecule has 0 radical (unpaired) electrons. The molecule has 0 fully saturated rings. The molecule has 6 nitrogen and oxygen atoms in total. The summed E-state index contributed by atoms with van der Waals surface area (Å²) in [6.45, 7) is 8.23. The van der Waals surface area contributed by atoms with Crippen molar-refractivity contribution in [3.8, 4) is 11.4 Å². The van der Waals surface area contributed by atoms with Gasteiger partial charge in [0.2, 0.25) is 11.1 Å². The predicted octanol–water partition coefficient (Wildman–Crippen LogP) is 2.60. The van der Waals surface area contributed by atoms with Gasteiger partial charge in [0.1, 0.15) is 0 Å². The van der Waals surface area contributed by atoms with Crippen molar-refractivity contribution in [1.82, 2.24) is 19.8 Å². The van der Waals surface area contributed by atoms with Gasteiger partial charge in [0.05, 0.1) is 5.75 Å². The van der Waals surface area contributed by atoms with Crippen LogP contribution in [0.15, 0.2) is 54.7 Å². The molecule has 1 heterocycles. The number of halogens is 1. The minimum atomic E-state index is -0.0490. The molecule has 24 heavy (non-hydrogen) atoms. The predicted molar refractivity (Wildman–Crippen MR) is 98.3 cm³/mol. The molecule has 0 saturated heterocycles. The highest BCUT2D eigenvalue weighted by atomic mass is 35.5. The molecule has 0 atom stereocenters. The van der Waals surface area contributed by atoms with Crippen LogP contribution < -0.4 is 5.84 Å². The summed E-state index contributed by atoms with van der Waals surface area (Å²) in [6.07, 6.45) is 3.35. The van der Waals surface area contributed by atoms with Crippen LogP contribution in [0.3, 0.4) is 0 Å². The molecule has 0 unspecified atom stereocenters. The van der Waals surface area contributed by atoms with Gasteiger partial charge < -0.3 is 10.7 Å². The van der Waals surface area contributed by atoms with Gasteiger partial charge in [0.25, 0.3) is 0 Å². The molecular formula is C16H18ClN5OS. The Kier molecular flexibility index (Phi) is 6.45. The first kappa shape index (κ1) is 18.1. The number of thioether (sulfide) groups is 1. The van der Waals surface area contributed by atoms with E-state index in [0.717, 1.165) is 5.56 Å². The molecule has 0 aliphatic carbocycles. The molecule has 2 rings (SSSR count). The maximum absolute atomic E-state index is 12.2. The molecule has 126 valence electrons. The van der Waals surface area contributed by atoms with E-state index in [2.05, 4.69) is 23.4 Å². The molecule has 8 heteroatoms. The third kappa shape index (κ3) is 4.39. The highest BCUT2D eigenvalue weighted by Crippen LogP contribution is 2.23. The van der Waals surface area contributed by atoms with Crippen molar-refractivity contribution in [2.24, 2.45) is 0 Å². The van der Waals surface area contributed by atoms with E-state index in [0.29, 0.717) is 29.1 Å². The SMILES string of the molecule is C=CCN(CC=C)C(=O)CSc1nnc(-c2cccc(Cl)c2)n1N. The fraction of sp³-hybridized carbons (Fsp3) is 0.188. The fourth-order valence-corrected chi connectivity index (χ4v) is 2.96. The zero-order valence-corrected chi connectivity index (χ0v) is 14.6.